The summed E-state index contributed by atoms with van der Waals surface area (Å²) in [7, 11) is 1.30. The van der Waals surface area contributed by atoms with E-state index in [1.54, 1.807) is 0 Å². The Morgan fingerprint density at radius 1 is 1.00 bits per heavy atom. The number of aliphatic carboxylic acids is 1. The molecule has 0 rings (SSSR count). The summed E-state index contributed by atoms with van der Waals surface area (Å²) in [4.78, 5) is 21.0. The van der Waals surface area contributed by atoms with Crippen LogP contribution in [0.15, 0.2) is 12.2 Å². The minimum absolute atomic E-state index is 0.255. The van der Waals surface area contributed by atoms with Crippen molar-refractivity contribution in [1.82, 2.24) is 0 Å². The van der Waals surface area contributed by atoms with Gasteiger partial charge >= 0.3 is 11.9 Å². The van der Waals surface area contributed by atoms with Crippen molar-refractivity contribution in [1.29, 1.82) is 0 Å². The summed E-state index contributed by atoms with van der Waals surface area (Å²) < 4.78 is 4.40. The number of allylic oxidation sites excluding steroid dienone is 1. The van der Waals surface area contributed by atoms with Gasteiger partial charge in [0.15, 0.2) is 0 Å². The van der Waals surface area contributed by atoms with Crippen molar-refractivity contribution in [3.63, 3.8) is 0 Å². The van der Waals surface area contributed by atoms with Gasteiger partial charge in [0.25, 0.3) is 0 Å². The van der Waals surface area contributed by atoms with Gasteiger partial charge in [0.1, 0.15) is 0 Å². The highest BCUT2D eigenvalue weighted by molar-refractivity contribution is 5.82. The zero-order chi connectivity index (χ0) is 16.5. The van der Waals surface area contributed by atoms with Gasteiger partial charge in [-0.3, -0.25) is 4.79 Å². The van der Waals surface area contributed by atoms with Gasteiger partial charge in [-0.25, -0.2) is 4.79 Å². The van der Waals surface area contributed by atoms with Crippen molar-refractivity contribution in [3.05, 3.63) is 12.2 Å². The lowest BCUT2D eigenvalue weighted by atomic mass is 10.1. The third-order valence-corrected chi connectivity index (χ3v) is 2.54. The maximum Gasteiger partial charge on any atom is 0.331 e. The Kier molecular flexibility index (Phi) is 13.0. The van der Waals surface area contributed by atoms with E-state index in [4.69, 9.17) is 5.11 Å². The summed E-state index contributed by atoms with van der Waals surface area (Å²) in [6.07, 6.45) is 8.42. The zero-order valence-electron chi connectivity index (χ0n) is 12.8. The first kappa shape index (κ1) is 19.4. The van der Waals surface area contributed by atoms with E-state index >= 15 is 0 Å². The van der Waals surface area contributed by atoms with E-state index in [0.29, 0.717) is 0 Å². The fourth-order valence-electron chi connectivity index (χ4n) is 1.44. The molecule has 0 saturated heterocycles. The summed E-state index contributed by atoms with van der Waals surface area (Å²) in [5.74, 6) is 14.8. The Morgan fingerprint density at radius 2 is 1.68 bits per heavy atom. The Morgan fingerprint density at radius 3 is 2.41 bits per heavy atom. The quantitative estimate of drug-likeness (QED) is 0.324. The van der Waals surface area contributed by atoms with Crippen LogP contribution in [-0.4, -0.2) is 24.2 Å². The maximum absolute atomic E-state index is 10.7. The lowest BCUT2D eigenvalue weighted by Gasteiger charge is -1.96. The molecule has 4 heteroatoms. The number of hydrogen-bond acceptors (Lipinski definition) is 3. The van der Waals surface area contributed by atoms with Gasteiger partial charge in [0, 0.05) is 18.9 Å². The second-order valence-corrected chi connectivity index (χ2v) is 4.34. The van der Waals surface area contributed by atoms with Crippen LogP contribution in [-0.2, 0) is 14.3 Å². The third kappa shape index (κ3) is 15.4. The highest BCUT2D eigenvalue weighted by atomic mass is 16.5. The number of unbranched alkanes of at least 4 members (excludes halogenated alkanes) is 5. The molecule has 0 fully saturated rings. The maximum atomic E-state index is 10.7. The molecule has 0 radical (unpaired) electrons. The summed E-state index contributed by atoms with van der Waals surface area (Å²) in [6, 6.07) is 0. The van der Waals surface area contributed by atoms with Crippen molar-refractivity contribution in [2.45, 2.75) is 44.9 Å². The Balaban J connectivity index is 3.63. The van der Waals surface area contributed by atoms with Crippen LogP contribution in [0.3, 0.4) is 0 Å². The monoisotopic (exact) mass is 300 g/mol. The van der Waals surface area contributed by atoms with E-state index < -0.39 is 11.9 Å². The van der Waals surface area contributed by atoms with Crippen LogP contribution < -0.4 is 0 Å². The average Bonchev–Trinajstić information content (AvgIpc) is 2.50. The predicted octanol–water partition coefficient (Wildman–Crippen LogP) is 2.54. The number of rotatable bonds is 8. The molecule has 0 heterocycles. The molecule has 22 heavy (non-hydrogen) atoms. The first-order valence-corrected chi connectivity index (χ1v) is 7.11. The highest BCUT2D eigenvalue weighted by Crippen LogP contribution is 2.06. The van der Waals surface area contributed by atoms with Gasteiger partial charge in [0.2, 0.25) is 0 Å². The highest BCUT2D eigenvalue weighted by Gasteiger charge is 1.95. The molecule has 0 aromatic rings. The molecule has 116 valence electrons. The van der Waals surface area contributed by atoms with Gasteiger partial charge < -0.3 is 9.84 Å². The number of hydrogen-bond donors (Lipinski definition) is 1. The Labute approximate surface area is 131 Å². The van der Waals surface area contributed by atoms with Crippen LogP contribution in [0.2, 0.25) is 0 Å². The summed E-state index contributed by atoms with van der Waals surface area (Å²) in [5, 5.41) is 8.48. The molecule has 0 amide bonds. The van der Waals surface area contributed by atoms with Gasteiger partial charge in [0.05, 0.1) is 7.11 Å². The van der Waals surface area contributed by atoms with E-state index in [-0.39, 0.29) is 6.42 Å². The zero-order valence-corrected chi connectivity index (χ0v) is 12.8. The van der Waals surface area contributed by atoms with Gasteiger partial charge in [-0.1, -0.05) is 31.1 Å². The molecule has 0 aliphatic carbocycles. The molecule has 0 aliphatic heterocycles. The van der Waals surface area contributed by atoms with Gasteiger partial charge in [-0.15, -0.1) is 0 Å². The standard InChI is InChI=1S/C18H20O4/c1-22-18(21)16-14-12-10-8-6-4-2-3-5-7-9-11-13-15-17(19)20/h14,16H,3,5,7,9,11,13,15H2,1H3,(H,19,20)/b16-14-. The van der Waals surface area contributed by atoms with Gasteiger partial charge in [-0.05, 0) is 42.6 Å². The number of esters is 1. The molecule has 0 aliphatic rings. The SMILES string of the molecule is COC(=O)/C=C\C#CC#CC#CCCCCCCCC(=O)O. The molecule has 0 saturated carbocycles. The molecule has 1 N–H and O–H groups in total. The first-order valence-electron chi connectivity index (χ1n) is 7.11. The first-order chi connectivity index (χ1) is 10.7. The Bertz CT molecular complexity index is 553. The molecule has 0 aromatic carbocycles. The van der Waals surface area contributed by atoms with E-state index in [1.165, 1.54) is 19.3 Å². The van der Waals surface area contributed by atoms with Crippen LogP contribution in [0.4, 0.5) is 0 Å². The van der Waals surface area contributed by atoms with Crippen LogP contribution in [0.1, 0.15) is 44.9 Å². The number of carbonyl (C=O) groups is 2. The van der Waals surface area contributed by atoms with Crippen LogP contribution >= 0.6 is 0 Å². The topological polar surface area (TPSA) is 63.6 Å². The predicted molar refractivity (Wildman–Crippen MR) is 84.4 cm³/mol. The van der Waals surface area contributed by atoms with Crippen molar-refractivity contribution < 1.29 is 19.4 Å². The van der Waals surface area contributed by atoms with Gasteiger partial charge in [-0.2, -0.15) is 0 Å². The molecule has 0 atom stereocenters. The van der Waals surface area contributed by atoms with E-state index in [2.05, 4.69) is 40.3 Å². The normalized spacial score (nSPS) is 8.77. The Hall–Kier alpha value is -2.64. The fourth-order valence-corrected chi connectivity index (χ4v) is 1.44. The minimum atomic E-state index is -0.728. The van der Waals surface area contributed by atoms with Crippen LogP contribution in [0, 0.1) is 35.5 Å². The van der Waals surface area contributed by atoms with Crippen molar-refractivity contribution in [2.24, 2.45) is 0 Å². The van der Waals surface area contributed by atoms with Crippen molar-refractivity contribution in [3.8, 4) is 35.5 Å². The van der Waals surface area contributed by atoms with E-state index in [0.717, 1.165) is 38.5 Å². The smallest absolute Gasteiger partial charge is 0.331 e. The lowest BCUT2D eigenvalue weighted by molar-refractivity contribution is -0.137. The molecule has 0 bridgehead atoms. The number of ether oxygens (including phenoxy) is 1. The number of carboxylic acids is 1. The second-order valence-electron chi connectivity index (χ2n) is 4.34. The molecule has 0 aromatic heterocycles. The molecular weight excluding hydrogens is 280 g/mol. The average molecular weight is 300 g/mol. The lowest BCUT2D eigenvalue weighted by Crippen LogP contribution is -1.93. The number of carbonyl (C=O) groups excluding carboxylic acids is 1. The van der Waals surface area contributed by atoms with E-state index in [9.17, 15) is 9.59 Å². The van der Waals surface area contributed by atoms with Crippen LogP contribution in [0.25, 0.3) is 0 Å². The number of carboxylic acid groups (broad SMARTS) is 1. The van der Waals surface area contributed by atoms with Crippen molar-refractivity contribution >= 4 is 11.9 Å². The fraction of sp³-hybridized carbons (Fsp3) is 0.444. The molecular formula is C18H20O4. The summed E-state index contributed by atoms with van der Waals surface area (Å²) in [6.45, 7) is 0. The summed E-state index contributed by atoms with van der Waals surface area (Å²) >= 11 is 0. The molecule has 4 nitrogen and oxygen atoms in total. The minimum Gasteiger partial charge on any atom is -0.481 e. The number of methoxy groups -OCH3 is 1. The molecule has 0 unspecified atom stereocenters. The summed E-state index contributed by atoms with van der Waals surface area (Å²) in [5.41, 5.74) is 0. The molecule has 0 spiro atoms. The van der Waals surface area contributed by atoms with Crippen molar-refractivity contribution in [2.75, 3.05) is 7.11 Å². The van der Waals surface area contributed by atoms with E-state index in [1.807, 2.05) is 0 Å². The largest absolute Gasteiger partial charge is 0.481 e. The van der Waals surface area contributed by atoms with Crippen LogP contribution in [0.5, 0.6) is 0 Å². The second kappa shape index (κ2) is 14.8. The third-order valence-electron chi connectivity index (χ3n) is 2.54.